The van der Waals surface area contributed by atoms with E-state index in [0.29, 0.717) is 22.0 Å². The Kier molecular flexibility index (Phi) is 3.08. The lowest BCUT2D eigenvalue weighted by Gasteiger charge is -1.96. The number of carboxylic acid groups (broad SMARTS) is 1. The summed E-state index contributed by atoms with van der Waals surface area (Å²) in [6.45, 7) is 0. The Hall–Kier alpha value is -2.27. The minimum absolute atomic E-state index is 0.250. The standard InChI is InChI=1S/C12H8ClNO4/c13-6-1-2-9-7(3-6)8(5-14-9)10(15)4-11(16)12(17)18/h1-5,14,16H,(H,17,18)/b11-4-. The van der Waals surface area contributed by atoms with Gasteiger partial charge in [-0.15, -0.1) is 0 Å². The highest BCUT2D eigenvalue weighted by molar-refractivity contribution is 6.31. The number of ketones is 1. The highest BCUT2D eigenvalue weighted by atomic mass is 35.5. The summed E-state index contributed by atoms with van der Waals surface area (Å²) in [5.74, 6) is -3.17. The third-order valence-electron chi connectivity index (χ3n) is 2.40. The summed E-state index contributed by atoms with van der Waals surface area (Å²) in [4.78, 5) is 25.1. The molecular formula is C12H8ClNO4. The Labute approximate surface area is 106 Å². The monoisotopic (exact) mass is 265 g/mol. The average molecular weight is 266 g/mol. The van der Waals surface area contributed by atoms with Crippen LogP contribution in [-0.2, 0) is 4.79 Å². The van der Waals surface area contributed by atoms with Crippen molar-refractivity contribution in [1.29, 1.82) is 0 Å². The van der Waals surface area contributed by atoms with Crippen LogP contribution in [0.2, 0.25) is 5.02 Å². The molecule has 3 N–H and O–H groups in total. The van der Waals surface area contributed by atoms with Gasteiger partial charge in [0.2, 0.25) is 5.76 Å². The van der Waals surface area contributed by atoms with Crippen molar-refractivity contribution < 1.29 is 19.8 Å². The maximum absolute atomic E-state index is 11.8. The van der Waals surface area contributed by atoms with Gasteiger partial charge in [-0.3, -0.25) is 4.79 Å². The van der Waals surface area contributed by atoms with Gasteiger partial charge < -0.3 is 15.2 Å². The van der Waals surface area contributed by atoms with Crippen LogP contribution in [-0.4, -0.2) is 26.9 Å². The first-order valence-electron chi connectivity index (χ1n) is 4.94. The zero-order valence-corrected chi connectivity index (χ0v) is 9.73. The van der Waals surface area contributed by atoms with Gasteiger partial charge in [0.05, 0.1) is 0 Å². The highest BCUT2D eigenvalue weighted by Gasteiger charge is 2.13. The molecule has 0 aliphatic heterocycles. The molecule has 92 valence electrons. The molecule has 0 saturated heterocycles. The molecule has 0 spiro atoms. The molecular weight excluding hydrogens is 258 g/mol. The number of carbonyl (C=O) groups is 2. The van der Waals surface area contributed by atoms with Crippen LogP contribution in [0.15, 0.2) is 36.2 Å². The zero-order valence-electron chi connectivity index (χ0n) is 8.98. The van der Waals surface area contributed by atoms with Gasteiger partial charge in [0.1, 0.15) is 0 Å². The van der Waals surface area contributed by atoms with Crippen molar-refractivity contribution in [2.24, 2.45) is 0 Å². The number of benzene rings is 1. The van der Waals surface area contributed by atoms with Crippen LogP contribution in [0, 0.1) is 0 Å². The fraction of sp³-hybridized carbons (Fsp3) is 0. The highest BCUT2D eigenvalue weighted by Crippen LogP contribution is 2.23. The van der Waals surface area contributed by atoms with Crippen LogP contribution in [0.5, 0.6) is 0 Å². The van der Waals surface area contributed by atoms with Gasteiger partial charge >= 0.3 is 5.97 Å². The Morgan fingerprint density at radius 1 is 1.28 bits per heavy atom. The lowest BCUT2D eigenvalue weighted by molar-refractivity contribution is -0.135. The maximum atomic E-state index is 11.8. The van der Waals surface area contributed by atoms with E-state index in [2.05, 4.69) is 4.98 Å². The number of fused-ring (bicyclic) bond motifs is 1. The number of allylic oxidation sites excluding steroid dienone is 1. The molecule has 5 nitrogen and oxygen atoms in total. The number of aliphatic hydroxyl groups excluding tert-OH is 1. The smallest absolute Gasteiger partial charge is 0.371 e. The fourth-order valence-electron chi connectivity index (χ4n) is 1.56. The lowest BCUT2D eigenvalue weighted by atomic mass is 10.1. The van der Waals surface area contributed by atoms with Crippen molar-refractivity contribution >= 4 is 34.3 Å². The van der Waals surface area contributed by atoms with Crippen LogP contribution in [0.25, 0.3) is 10.9 Å². The second-order valence-electron chi connectivity index (χ2n) is 3.59. The van der Waals surface area contributed by atoms with E-state index in [9.17, 15) is 9.59 Å². The van der Waals surface area contributed by atoms with E-state index >= 15 is 0 Å². The summed E-state index contributed by atoms with van der Waals surface area (Å²) < 4.78 is 0. The molecule has 1 heterocycles. The normalized spacial score (nSPS) is 11.7. The van der Waals surface area contributed by atoms with Crippen molar-refractivity contribution in [3.63, 3.8) is 0 Å². The van der Waals surface area contributed by atoms with E-state index in [1.54, 1.807) is 18.2 Å². The first kappa shape index (κ1) is 12.2. The number of hydrogen-bond acceptors (Lipinski definition) is 3. The molecule has 0 fully saturated rings. The molecule has 0 saturated carbocycles. The summed E-state index contributed by atoms with van der Waals surface area (Å²) in [5, 5.41) is 18.5. The van der Waals surface area contributed by atoms with Gasteiger partial charge in [0, 0.05) is 33.8 Å². The number of hydrogen-bond donors (Lipinski definition) is 3. The molecule has 0 radical (unpaired) electrons. The Bertz CT molecular complexity index is 672. The van der Waals surface area contributed by atoms with Gasteiger partial charge in [-0.05, 0) is 18.2 Å². The van der Waals surface area contributed by atoms with E-state index in [-0.39, 0.29) is 5.56 Å². The number of aliphatic carboxylic acids is 1. The fourth-order valence-corrected chi connectivity index (χ4v) is 1.73. The first-order chi connectivity index (χ1) is 8.49. The number of aliphatic hydroxyl groups is 1. The number of H-pyrrole nitrogens is 1. The quantitative estimate of drug-likeness (QED) is 0.452. The van der Waals surface area contributed by atoms with E-state index in [0.717, 1.165) is 0 Å². The van der Waals surface area contributed by atoms with Crippen molar-refractivity contribution in [3.8, 4) is 0 Å². The molecule has 2 aromatic rings. The third kappa shape index (κ3) is 2.21. The van der Waals surface area contributed by atoms with E-state index < -0.39 is 17.5 Å². The van der Waals surface area contributed by atoms with E-state index in [1.165, 1.54) is 6.20 Å². The molecule has 0 aliphatic rings. The van der Waals surface area contributed by atoms with Crippen LogP contribution in [0.4, 0.5) is 0 Å². The minimum atomic E-state index is -1.55. The van der Waals surface area contributed by atoms with E-state index in [1.807, 2.05) is 0 Å². The largest absolute Gasteiger partial charge is 0.502 e. The Morgan fingerprint density at radius 2 is 2.00 bits per heavy atom. The molecule has 6 heteroatoms. The van der Waals surface area contributed by atoms with Crippen LogP contribution in [0.1, 0.15) is 10.4 Å². The maximum Gasteiger partial charge on any atom is 0.371 e. The number of rotatable bonds is 3. The van der Waals surface area contributed by atoms with Gasteiger partial charge in [0.25, 0.3) is 0 Å². The number of aromatic nitrogens is 1. The summed E-state index contributed by atoms with van der Waals surface area (Å²) in [6, 6.07) is 4.96. The molecule has 0 unspecified atom stereocenters. The van der Waals surface area contributed by atoms with Crippen molar-refractivity contribution in [3.05, 3.63) is 46.8 Å². The molecule has 18 heavy (non-hydrogen) atoms. The summed E-state index contributed by atoms with van der Waals surface area (Å²) >= 11 is 5.82. The Balaban J connectivity index is 2.49. The number of halogens is 1. The van der Waals surface area contributed by atoms with Crippen molar-refractivity contribution in [1.82, 2.24) is 4.98 Å². The number of carboxylic acids is 1. The van der Waals surface area contributed by atoms with Crippen LogP contribution >= 0.6 is 11.6 Å². The summed E-state index contributed by atoms with van der Waals surface area (Å²) in [5.41, 5.74) is 0.950. The van der Waals surface area contributed by atoms with Crippen molar-refractivity contribution in [2.45, 2.75) is 0 Å². The Morgan fingerprint density at radius 3 is 2.67 bits per heavy atom. The third-order valence-corrected chi connectivity index (χ3v) is 2.63. The van der Waals surface area contributed by atoms with E-state index in [4.69, 9.17) is 21.8 Å². The second kappa shape index (κ2) is 4.54. The lowest BCUT2D eigenvalue weighted by Crippen LogP contribution is -2.03. The van der Waals surface area contributed by atoms with Gasteiger partial charge in [-0.2, -0.15) is 0 Å². The molecule has 2 rings (SSSR count). The second-order valence-corrected chi connectivity index (χ2v) is 4.03. The number of carbonyl (C=O) groups excluding carboxylic acids is 1. The SMILES string of the molecule is O=C(O)/C(O)=C/C(=O)c1c[nH]c2ccc(Cl)cc12. The molecule has 1 aromatic carbocycles. The average Bonchev–Trinajstić information content (AvgIpc) is 2.71. The molecule has 1 aromatic heterocycles. The van der Waals surface area contributed by atoms with Gasteiger partial charge in [-0.1, -0.05) is 11.6 Å². The van der Waals surface area contributed by atoms with Gasteiger partial charge in [0.15, 0.2) is 5.78 Å². The minimum Gasteiger partial charge on any atom is -0.502 e. The first-order valence-corrected chi connectivity index (χ1v) is 5.32. The molecule has 0 aliphatic carbocycles. The topological polar surface area (TPSA) is 90.4 Å². The summed E-state index contributed by atoms with van der Waals surface area (Å²) in [7, 11) is 0. The molecule has 0 amide bonds. The van der Waals surface area contributed by atoms with Gasteiger partial charge in [-0.25, -0.2) is 4.79 Å². The predicted octanol–water partition coefficient (Wildman–Crippen LogP) is 2.53. The zero-order chi connectivity index (χ0) is 13.3. The number of aromatic amines is 1. The van der Waals surface area contributed by atoms with Crippen LogP contribution < -0.4 is 0 Å². The number of nitrogens with one attached hydrogen (secondary N) is 1. The summed E-state index contributed by atoms with van der Waals surface area (Å²) in [6.07, 6.45) is 2.10. The van der Waals surface area contributed by atoms with Crippen LogP contribution in [0.3, 0.4) is 0 Å². The van der Waals surface area contributed by atoms with Crippen molar-refractivity contribution in [2.75, 3.05) is 0 Å². The molecule has 0 bridgehead atoms. The molecule has 0 atom stereocenters. The predicted molar refractivity (Wildman–Crippen MR) is 66.0 cm³/mol.